The molecule has 2 heterocycles. The van der Waals surface area contributed by atoms with Crippen LogP contribution in [0.4, 0.5) is 5.69 Å². The molecule has 2 amide bonds. The van der Waals surface area contributed by atoms with E-state index < -0.39 is 0 Å². The van der Waals surface area contributed by atoms with Crippen LogP contribution in [-0.2, 0) is 0 Å². The number of β-amino-alcohol motifs (C(OH)–C–C–N with tert-alkyl or cyclic N) is 1. The highest BCUT2D eigenvalue weighted by Crippen LogP contribution is 2.34. The third-order valence-corrected chi connectivity index (χ3v) is 4.75. The van der Waals surface area contributed by atoms with Gasteiger partial charge in [-0.1, -0.05) is 0 Å². The number of nitrogens with two attached hydrogens (primary N) is 1. The maximum absolute atomic E-state index is 12.8. The molecule has 3 N–H and O–H groups in total. The van der Waals surface area contributed by atoms with Crippen LogP contribution in [0.1, 0.15) is 47.4 Å². The fourth-order valence-corrected chi connectivity index (χ4v) is 3.53. The van der Waals surface area contributed by atoms with E-state index in [1.807, 2.05) is 13.8 Å². The van der Waals surface area contributed by atoms with Crippen molar-refractivity contribution in [3.63, 3.8) is 0 Å². The number of hydrogen-bond acceptors (Lipinski definition) is 6. The Morgan fingerprint density at radius 3 is 2.36 bits per heavy atom. The molecule has 0 aliphatic carbocycles. The monoisotopic (exact) mass is 347 g/mol. The highest BCUT2D eigenvalue weighted by Gasteiger charge is 2.41. The van der Waals surface area contributed by atoms with Gasteiger partial charge in [-0.05, 0) is 38.8 Å². The maximum Gasteiger partial charge on any atom is 0.261 e. The van der Waals surface area contributed by atoms with E-state index >= 15 is 0 Å². The Morgan fingerprint density at radius 1 is 1.20 bits per heavy atom. The first-order valence-electron chi connectivity index (χ1n) is 8.73. The molecule has 1 aromatic carbocycles. The summed E-state index contributed by atoms with van der Waals surface area (Å²) in [5, 5.41) is 9.03. The highest BCUT2D eigenvalue weighted by atomic mass is 16.5. The third-order valence-electron chi connectivity index (χ3n) is 4.75. The molecule has 0 aromatic heterocycles. The van der Waals surface area contributed by atoms with Gasteiger partial charge in [-0.2, -0.15) is 0 Å². The van der Waals surface area contributed by atoms with Crippen LogP contribution in [0.25, 0.3) is 0 Å². The van der Waals surface area contributed by atoms with Crippen LogP contribution in [0.3, 0.4) is 0 Å². The van der Waals surface area contributed by atoms with Crippen molar-refractivity contribution in [1.82, 2.24) is 9.80 Å². The van der Waals surface area contributed by atoms with Gasteiger partial charge in [-0.3, -0.25) is 14.5 Å². The van der Waals surface area contributed by atoms with Crippen molar-refractivity contribution in [3.05, 3.63) is 23.3 Å². The topological polar surface area (TPSA) is 96.1 Å². The van der Waals surface area contributed by atoms with Crippen molar-refractivity contribution in [2.75, 3.05) is 32.0 Å². The molecule has 0 unspecified atom stereocenters. The van der Waals surface area contributed by atoms with Crippen molar-refractivity contribution in [1.29, 1.82) is 0 Å². The van der Waals surface area contributed by atoms with E-state index in [1.165, 1.54) is 4.90 Å². The second kappa shape index (κ2) is 7.01. The van der Waals surface area contributed by atoms with E-state index in [2.05, 4.69) is 4.90 Å². The van der Waals surface area contributed by atoms with Crippen LogP contribution in [0.15, 0.2) is 12.1 Å². The number of hydrogen-bond donors (Lipinski definition) is 2. The zero-order chi connectivity index (χ0) is 18.1. The number of carbonyl (C=O) groups is 2. The molecule has 0 bridgehead atoms. The SMILES string of the molecule is CC(C)Oc1cc2c(cc1N)C(=O)N(C1CCN(CCO)CC1)C2=O. The fourth-order valence-electron chi connectivity index (χ4n) is 3.53. The molecular formula is C18H25N3O4. The number of amides is 2. The van der Waals surface area contributed by atoms with Gasteiger partial charge < -0.3 is 20.5 Å². The summed E-state index contributed by atoms with van der Waals surface area (Å²) in [6.07, 6.45) is 1.37. The standard InChI is InChI=1S/C18H25N3O4/c1-11(2)25-16-10-14-13(9-15(16)19)17(23)21(18(14)24)12-3-5-20(6-4-12)7-8-22/h9-12,22H,3-8,19H2,1-2H3. The Morgan fingerprint density at radius 2 is 1.80 bits per heavy atom. The first kappa shape index (κ1) is 17.7. The molecule has 136 valence electrons. The van der Waals surface area contributed by atoms with Gasteiger partial charge in [0.2, 0.25) is 0 Å². The average molecular weight is 347 g/mol. The molecular weight excluding hydrogens is 322 g/mol. The summed E-state index contributed by atoms with van der Waals surface area (Å²) in [6.45, 7) is 6.04. The van der Waals surface area contributed by atoms with Crippen molar-refractivity contribution in [3.8, 4) is 5.75 Å². The number of piperidine rings is 1. The van der Waals surface area contributed by atoms with Gasteiger partial charge in [0.1, 0.15) is 5.75 Å². The molecule has 2 aliphatic rings. The number of benzene rings is 1. The van der Waals surface area contributed by atoms with Crippen LogP contribution in [0.2, 0.25) is 0 Å². The van der Waals surface area contributed by atoms with Crippen LogP contribution < -0.4 is 10.5 Å². The molecule has 1 aromatic rings. The van der Waals surface area contributed by atoms with Gasteiger partial charge in [-0.15, -0.1) is 0 Å². The van der Waals surface area contributed by atoms with Gasteiger partial charge in [0.15, 0.2) is 0 Å². The largest absolute Gasteiger partial charge is 0.489 e. The van der Waals surface area contributed by atoms with E-state index in [9.17, 15) is 9.59 Å². The zero-order valence-electron chi connectivity index (χ0n) is 14.7. The summed E-state index contributed by atoms with van der Waals surface area (Å²) in [6, 6.07) is 3.03. The van der Waals surface area contributed by atoms with E-state index in [0.29, 0.717) is 29.1 Å². The molecule has 0 radical (unpaired) electrons. The molecule has 7 heteroatoms. The van der Waals surface area contributed by atoms with Crippen LogP contribution >= 0.6 is 0 Å². The van der Waals surface area contributed by atoms with Crippen LogP contribution in [0.5, 0.6) is 5.75 Å². The molecule has 2 aliphatic heterocycles. The number of anilines is 1. The Labute approximate surface area is 147 Å². The summed E-state index contributed by atoms with van der Waals surface area (Å²) in [5.41, 5.74) is 7.08. The number of aliphatic hydroxyl groups excluding tert-OH is 1. The number of carbonyl (C=O) groups excluding carboxylic acids is 2. The number of ether oxygens (including phenoxy) is 1. The molecule has 0 atom stereocenters. The lowest BCUT2D eigenvalue weighted by atomic mass is 10.0. The first-order valence-corrected chi connectivity index (χ1v) is 8.73. The average Bonchev–Trinajstić information content (AvgIpc) is 2.80. The summed E-state index contributed by atoms with van der Waals surface area (Å²) < 4.78 is 5.64. The van der Waals surface area contributed by atoms with Gasteiger partial charge in [0.25, 0.3) is 11.8 Å². The molecule has 1 fully saturated rings. The zero-order valence-corrected chi connectivity index (χ0v) is 14.7. The Balaban J connectivity index is 1.80. The predicted octanol–water partition coefficient (Wildman–Crippen LogP) is 1.11. The Bertz CT molecular complexity index is 681. The van der Waals surface area contributed by atoms with E-state index in [4.69, 9.17) is 15.6 Å². The number of fused-ring (bicyclic) bond motifs is 1. The van der Waals surface area contributed by atoms with Crippen molar-refractivity contribution in [2.24, 2.45) is 0 Å². The van der Waals surface area contributed by atoms with Gasteiger partial charge >= 0.3 is 0 Å². The predicted molar refractivity (Wildman–Crippen MR) is 93.7 cm³/mol. The summed E-state index contributed by atoms with van der Waals surface area (Å²) in [7, 11) is 0. The Kier molecular flexibility index (Phi) is 4.96. The van der Waals surface area contributed by atoms with Crippen molar-refractivity contribution < 1.29 is 19.4 Å². The van der Waals surface area contributed by atoms with Gasteiger partial charge in [0, 0.05) is 25.7 Å². The van der Waals surface area contributed by atoms with Crippen LogP contribution in [-0.4, -0.2) is 65.1 Å². The Hall–Kier alpha value is -2.12. The van der Waals surface area contributed by atoms with E-state index in [-0.39, 0.29) is 30.6 Å². The fraction of sp³-hybridized carbons (Fsp3) is 0.556. The summed E-state index contributed by atoms with van der Waals surface area (Å²) in [4.78, 5) is 29.1. The molecule has 7 nitrogen and oxygen atoms in total. The van der Waals surface area contributed by atoms with Gasteiger partial charge in [-0.25, -0.2) is 0 Å². The van der Waals surface area contributed by atoms with E-state index in [0.717, 1.165) is 25.9 Å². The minimum absolute atomic E-state index is 0.0699. The maximum atomic E-state index is 12.8. The minimum Gasteiger partial charge on any atom is -0.489 e. The smallest absolute Gasteiger partial charge is 0.261 e. The first-order chi connectivity index (χ1) is 11.9. The quantitative estimate of drug-likeness (QED) is 0.612. The number of imide groups is 1. The molecule has 3 rings (SSSR count). The number of rotatable bonds is 5. The van der Waals surface area contributed by atoms with Crippen molar-refractivity contribution >= 4 is 17.5 Å². The highest BCUT2D eigenvalue weighted by molar-refractivity contribution is 6.22. The molecule has 0 saturated carbocycles. The lowest BCUT2D eigenvalue weighted by Gasteiger charge is -2.35. The molecule has 1 saturated heterocycles. The number of nitrogen functional groups attached to an aromatic ring is 1. The summed E-state index contributed by atoms with van der Waals surface area (Å²) in [5.74, 6) is -0.105. The lowest BCUT2D eigenvalue weighted by Crippen LogP contribution is -2.47. The molecule has 0 spiro atoms. The van der Waals surface area contributed by atoms with Gasteiger partial charge in [0.05, 0.1) is 29.5 Å². The summed E-state index contributed by atoms with van der Waals surface area (Å²) >= 11 is 0. The van der Waals surface area contributed by atoms with E-state index in [1.54, 1.807) is 12.1 Å². The second-order valence-corrected chi connectivity index (χ2v) is 6.88. The minimum atomic E-state index is -0.275. The number of likely N-dealkylation sites (tertiary alicyclic amines) is 1. The second-order valence-electron chi connectivity index (χ2n) is 6.88. The van der Waals surface area contributed by atoms with Crippen LogP contribution in [0, 0.1) is 0 Å². The third kappa shape index (κ3) is 3.34. The number of aliphatic hydroxyl groups is 1. The lowest BCUT2D eigenvalue weighted by molar-refractivity contribution is 0.0490. The normalized spacial score (nSPS) is 19.0. The van der Waals surface area contributed by atoms with Crippen molar-refractivity contribution in [2.45, 2.75) is 38.8 Å². The number of nitrogens with zero attached hydrogens (tertiary/aromatic N) is 2. The molecule has 25 heavy (non-hydrogen) atoms.